The number of hydrogen-bond acceptors (Lipinski definition) is 5. The van der Waals surface area contributed by atoms with Crippen LogP contribution in [0.4, 0.5) is 10.2 Å². The van der Waals surface area contributed by atoms with Crippen LogP contribution in [0.25, 0.3) is 5.69 Å². The summed E-state index contributed by atoms with van der Waals surface area (Å²) in [6.45, 7) is 3.66. The quantitative estimate of drug-likeness (QED) is 0.638. The average molecular weight is 403 g/mol. The van der Waals surface area contributed by atoms with Crippen molar-refractivity contribution in [3.05, 3.63) is 71.7 Å². The molecule has 146 valence electrons. The normalized spacial score (nSPS) is 11.2. The first-order valence-corrected chi connectivity index (χ1v) is 9.90. The van der Waals surface area contributed by atoms with Gasteiger partial charge in [0.2, 0.25) is 0 Å². The van der Waals surface area contributed by atoms with Crippen molar-refractivity contribution in [3.63, 3.8) is 0 Å². The Morgan fingerprint density at radius 2 is 1.93 bits per heavy atom. The van der Waals surface area contributed by atoms with E-state index in [9.17, 15) is 17.6 Å². The average Bonchev–Trinajstić information content (AvgIpc) is 3.05. The minimum absolute atomic E-state index is 0.0533. The fourth-order valence-electron chi connectivity index (χ4n) is 2.51. The topological polar surface area (TPSA) is 90.3 Å². The van der Waals surface area contributed by atoms with Crippen LogP contribution in [-0.4, -0.2) is 30.8 Å². The van der Waals surface area contributed by atoms with Gasteiger partial charge in [-0.25, -0.2) is 22.3 Å². The number of carbonyl (C=O) groups is 1. The molecule has 9 heteroatoms. The molecule has 0 aliphatic carbocycles. The van der Waals surface area contributed by atoms with E-state index in [-0.39, 0.29) is 22.9 Å². The van der Waals surface area contributed by atoms with Crippen molar-refractivity contribution in [3.8, 4) is 5.69 Å². The summed E-state index contributed by atoms with van der Waals surface area (Å²) in [5.74, 6) is -1.51. The fraction of sp³-hybridized carbons (Fsp3) is 0.158. The Labute approximate surface area is 161 Å². The van der Waals surface area contributed by atoms with Crippen LogP contribution < -0.4 is 4.72 Å². The van der Waals surface area contributed by atoms with Gasteiger partial charge >= 0.3 is 5.97 Å². The summed E-state index contributed by atoms with van der Waals surface area (Å²) in [5.41, 5.74) is 1.49. The first kappa shape index (κ1) is 19.6. The number of halogens is 1. The lowest BCUT2D eigenvalue weighted by molar-refractivity contribution is 0.0527. The molecule has 0 saturated heterocycles. The maximum atomic E-state index is 13.5. The van der Waals surface area contributed by atoms with E-state index in [0.717, 1.165) is 17.7 Å². The number of esters is 1. The Balaban J connectivity index is 2.10. The van der Waals surface area contributed by atoms with E-state index in [1.54, 1.807) is 19.1 Å². The Kier molecular flexibility index (Phi) is 5.46. The second kappa shape index (κ2) is 7.81. The number of benzene rings is 2. The second-order valence-corrected chi connectivity index (χ2v) is 7.62. The molecule has 0 amide bonds. The minimum atomic E-state index is -4.17. The molecule has 0 fully saturated rings. The van der Waals surface area contributed by atoms with E-state index in [2.05, 4.69) is 9.82 Å². The fourth-order valence-corrected chi connectivity index (χ4v) is 3.60. The monoisotopic (exact) mass is 403 g/mol. The van der Waals surface area contributed by atoms with Gasteiger partial charge in [0.25, 0.3) is 10.0 Å². The number of rotatable bonds is 6. The second-order valence-electron chi connectivity index (χ2n) is 5.94. The van der Waals surface area contributed by atoms with Crippen molar-refractivity contribution in [2.75, 3.05) is 11.3 Å². The summed E-state index contributed by atoms with van der Waals surface area (Å²) in [7, 11) is -4.17. The predicted octanol–water partition coefficient (Wildman–Crippen LogP) is 3.30. The summed E-state index contributed by atoms with van der Waals surface area (Å²) in [4.78, 5) is 12.0. The standard InChI is InChI=1S/C19H18FN3O4S/c1-3-27-19(24)17-12-21-23(15-9-7-13(2)8-10-15)18(17)22-28(25,26)16-6-4-5-14(20)11-16/h4-12,22H,3H2,1-2H3. The van der Waals surface area contributed by atoms with Gasteiger partial charge in [-0.1, -0.05) is 23.8 Å². The van der Waals surface area contributed by atoms with Crippen LogP contribution in [-0.2, 0) is 14.8 Å². The number of carbonyl (C=O) groups excluding carboxylic acids is 1. The van der Waals surface area contributed by atoms with E-state index in [1.165, 1.54) is 23.0 Å². The van der Waals surface area contributed by atoms with Crippen LogP contribution in [0, 0.1) is 12.7 Å². The van der Waals surface area contributed by atoms with Crippen molar-refractivity contribution < 1.29 is 22.3 Å². The van der Waals surface area contributed by atoms with Crippen LogP contribution in [0.2, 0.25) is 0 Å². The lowest BCUT2D eigenvalue weighted by atomic mass is 10.2. The SMILES string of the molecule is CCOC(=O)c1cnn(-c2ccc(C)cc2)c1NS(=O)(=O)c1cccc(F)c1. The first-order chi connectivity index (χ1) is 13.3. The van der Waals surface area contributed by atoms with Crippen LogP contribution in [0.5, 0.6) is 0 Å². The number of ether oxygens (including phenoxy) is 1. The number of nitrogens with one attached hydrogen (secondary N) is 1. The number of anilines is 1. The predicted molar refractivity (Wildman–Crippen MR) is 101 cm³/mol. The van der Waals surface area contributed by atoms with Gasteiger partial charge in [-0.05, 0) is 44.2 Å². The molecule has 1 heterocycles. The van der Waals surface area contributed by atoms with Gasteiger partial charge in [-0.15, -0.1) is 0 Å². The van der Waals surface area contributed by atoms with Crippen LogP contribution in [0.1, 0.15) is 22.8 Å². The van der Waals surface area contributed by atoms with Crippen molar-refractivity contribution in [2.24, 2.45) is 0 Å². The minimum Gasteiger partial charge on any atom is -0.462 e. The zero-order valence-corrected chi connectivity index (χ0v) is 16.0. The van der Waals surface area contributed by atoms with E-state index < -0.39 is 21.8 Å². The van der Waals surface area contributed by atoms with Gasteiger partial charge in [0.1, 0.15) is 11.4 Å². The van der Waals surface area contributed by atoms with Gasteiger partial charge in [0.15, 0.2) is 5.82 Å². The molecule has 3 rings (SSSR count). The van der Waals surface area contributed by atoms with Gasteiger partial charge in [0, 0.05) is 0 Å². The Bertz CT molecular complexity index is 1110. The third-order valence-corrected chi connectivity index (χ3v) is 5.22. The lowest BCUT2D eigenvalue weighted by Gasteiger charge is -2.13. The van der Waals surface area contributed by atoms with Gasteiger partial charge in [0.05, 0.1) is 23.4 Å². The molecule has 0 aliphatic rings. The molecule has 3 aromatic rings. The largest absolute Gasteiger partial charge is 0.462 e. The number of hydrogen-bond donors (Lipinski definition) is 1. The molecule has 1 N–H and O–H groups in total. The first-order valence-electron chi connectivity index (χ1n) is 8.42. The molecule has 0 unspecified atom stereocenters. The number of sulfonamides is 1. The smallest absolute Gasteiger partial charge is 0.343 e. The molecule has 0 radical (unpaired) electrons. The highest BCUT2D eigenvalue weighted by molar-refractivity contribution is 7.92. The van der Waals surface area contributed by atoms with Gasteiger partial charge in [-0.2, -0.15) is 5.10 Å². The van der Waals surface area contributed by atoms with Crippen molar-refractivity contribution in [2.45, 2.75) is 18.7 Å². The highest BCUT2D eigenvalue weighted by atomic mass is 32.2. The van der Waals surface area contributed by atoms with E-state index >= 15 is 0 Å². The van der Waals surface area contributed by atoms with Crippen LogP contribution in [0.3, 0.4) is 0 Å². The molecule has 1 aromatic heterocycles. The van der Waals surface area contributed by atoms with Crippen molar-refractivity contribution in [1.29, 1.82) is 0 Å². The summed E-state index contributed by atoms with van der Waals surface area (Å²) < 4.78 is 47.6. The third kappa shape index (κ3) is 4.04. The number of aromatic nitrogens is 2. The molecule has 0 spiro atoms. The molecule has 28 heavy (non-hydrogen) atoms. The molecule has 0 aliphatic heterocycles. The van der Waals surface area contributed by atoms with E-state index in [0.29, 0.717) is 5.69 Å². The van der Waals surface area contributed by atoms with Crippen LogP contribution in [0.15, 0.2) is 59.6 Å². The molecule has 0 saturated carbocycles. The Morgan fingerprint density at radius 3 is 2.57 bits per heavy atom. The van der Waals surface area contributed by atoms with Crippen LogP contribution >= 0.6 is 0 Å². The summed E-state index contributed by atoms with van der Waals surface area (Å²) >= 11 is 0. The lowest BCUT2D eigenvalue weighted by Crippen LogP contribution is -2.18. The van der Waals surface area contributed by atoms with Gasteiger partial charge in [-0.3, -0.25) is 4.72 Å². The van der Waals surface area contributed by atoms with Crippen molar-refractivity contribution in [1.82, 2.24) is 9.78 Å². The molecular weight excluding hydrogens is 385 g/mol. The van der Waals surface area contributed by atoms with E-state index in [4.69, 9.17) is 4.74 Å². The number of nitrogens with zero attached hydrogens (tertiary/aromatic N) is 2. The summed E-state index contributed by atoms with van der Waals surface area (Å²) in [6.07, 6.45) is 1.22. The number of aryl methyl sites for hydroxylation is 1. The molecule has 2 aromatic carbocycles. The summed E-state index contributed by atoms with van der Waals surface area (Å²) in [5, 5.41) is 4.13. The van der Waals surface area contributed by atoms with Gasteiger partial charge < -0.3 is 4.74 Å². The maximum absolute atomic E-state index is 13.5. The zero-order valence-electron chi connectivity index (χ0n) is 15.2. The molecule has 0 bridgehead atoms. The third-order valence-electron chi connectivity index (χ3n) is 3.88. The Hall–Kier alpha value is -3.20. The molecular formula is C19H18FN3O4S. The van der Waals surface area contributed by atoms with E-state index in [1.807, 2.05) is 19.1 Å². The Morgan fingerprint density at radius 1 is 1.21 bits per heavy atom. The highest BCUT2D eigenvalue weighted by Gasteiger charge is 2.25. The molecule has 0 atom stereocenters. The summed E-state index contributed by atoms with van der Waals surface area (Å²) in [6, 6.07) is 11.7. The van der Waals surface area contributed by atoms with Crippen molar-refractivity contribution >= 4 is 21.8 Å². The molecule has 7 nitrogen and oxygen atoms in total. The zero-order chi connectivity index (χ0) is 20.3. The highest BCUT2D eigenvalue weighted by Crippen LogP contribution is 2.25. The maximum Gasteiger partial charge on any atom is 0.343 e.